The second kappa shape index (κ2) is 8.68. The molecule has 0 aliphatic heterocycles. The lowest BCUT2D eigenvalue weighted by atomic mass is 10.00. The van der Waals surface area contributed by atoms with Crippen molar-refractivity contribution in [1.29, 1.82) is 0 Å². The minimum atomic E-state index is -0.257. The van der Waals surface area contributed by atoms with Crippen LogP contribution in [-0.4, -0.2) is 29.8 Å². The zero-order valence-corrected chi connectivity index (χ0v) is 14.7. The molecule has 2 rings (SSSR count). The molecular weight excluding hydrogens is 304 g/mol. The first-order valence-electron chi connectivity index (χ1n) is 8.85. The molecule has 132 valence electrons. The van der Waals surface area contributed by atoms with Crippen LogP contribution in [0.3, 0.4) is 0 Å². The lowest BCUT2D eigenvalue weighted by molar-refractivity contribution is 0.646. The Bertz CT molecular complexity index is 775. The Morgan fingerprint density at radius 3 is 2.08 bits per heavy atom. The number of aryl methyl sites for hydroxylation is 1. The predicted octanol–water partition coefficient (Wildman–Crippen LogP) is 2.12. The number of fused-ring (bicyclic) bond motifs is 1. The number of H-pyrrole nitrogens is 2. The summed E-state index contributed by atoms with van der Waals surface area (Å²) < 4.78 is 0. The van der Waals surface area contributed by atoms with E-state index in [1.807, 2.05) is 12.1 Å². The van der Waals surface area contributed by atoms with Gasteiger partial charge in [0.2, 0.25) is 0 Å². The molecule has 2 aromatic rings. The maximum absolute atomic E-state index is 12.1. The zero-order chi connectivity index (χ0) is 17.5. The van der Waals surface area contributed by atoms with Gasteiger partial charge in [-0.15, -0.1) is 0 Å². The summed E-state index contributed by atoms with van der Waals surface area (Å²) in [5.41, 5.74) is 7.22. The molecule has 0 aliphatic rings. The first-order chi connectivity index (χ1) is 11.6. The van der Waals surface area contributed by atoms with Crippen LogP contribution in [0.5, 0.6) is 0 Å². The number of aromatic amines is 2. The summed E-state index contributed by atoms with van der Waals surface area (Å²) in [4.78, 5) is 26.4. The van der Waals surface area contributed by atoms with Gasteiger partial charge in [-0.1, -0.05) is 12.8 Å². The number of nitrogens with two attached hydrogens (primary N) is 1. The highest BCUT2D eigenvalue weighted by Crippen LogP contribution is 2.26. The number of aromatic nitrogens is 2. The van der Waals surface area contributed by atoms with Crippen molar-refractivity contribution in [3.05, 3.63) is 38.4 Å². The Labute approximate surface area is 142 Å². The van der Waals surface area contributed by atoms with Crippen molar-refractivity contribution in [2.24, 2.45) is 5.73 Å². The molecule has 4 N–H and O–H groups in total. The molecule has 6 nitrogen and oxygen atoms in total. The van der Waals surface area contributed by atoms with Crippen molar-refractivity contribution in [2.45, 2.75) is 46.0 Å². The molecular formula is C18H28N4O2. The molecule has 1 heterocycles. The van der Waals surface area contributed by atoms with Crippen LogP contribution in [0.25, 0.3) is 10.8 Å². The average Bonchev–Trinajstić information content (AvgIpc) is 2.59. The van der Waals surface area contributed by atoms with E-state index in [0.717, 1.165) is 63.0 Å². The third-order valence-electron chi connectivity index (χ3n) is 4.50. The van der Waals surface area contributed by atoms with Crippen molar-refractivity contribution in [3.8, 4) is 0 Å². The smallest absolute Gasteiger partial charge is 0.270 e. The van der Waals surface area contributed by atoms with Gasteiger partial charge in [-0.3, -0.25) is 19.8 Å². The van der Waals surface area contributed by atoms with Gasteiger partial charge in [-0.05, 0) is 57.4 Å². The normalized spacial score (nSPS) is 11.1. The van der Waals surface area contributed by atoms with E-state index in [1.54, 1.807) is 0 Å². The summed E-state index contributed by atoms with van der Waals surface area (Å²) in [7, 11) is 0. The number of nitrogens with zero attached hydrogens (tertiary/aromatic N) is 1. The molecule has 0 spiro atoms. The van der Waals surface area contributed by atoms with Gasteiger partial charge >= 0.3 is 0 Å². The molecule has 0 saturated carbocycles. The Hall–Kier alpha value is -2.08. The fourth-order valence-corrected chi connectivity index (χ4v) is 3.13. The number of hydrogen-bond donors (Lipinski definition) is 3. The standard InChI is InChI=1S/C18H28N4O2/c1-3-22(4-2)16-12-15-14(17(23)20-21-18(15)24)11-13(16)9-7-5-6-8-10-19/h11-12H,3-10,19H2,1-2H3,(H,20,23)(H,21,24). The first-order valence-corrected chi connectivity index (χ1v) is 8.85. The minimum Gasteiger partial charge on any atom is -0.372 e. The number of hydrogen-bond acceptors (Lipinski definition) is 4. The quantitative estimate of drug-likeness (QED) is 0.613. The summed E-state index contributed by atoms with van der Waals surface area (Å²) in [5, 5.41) is 5.73. The van der Waals surface area contributed by atoms with Crippen molar-refractivity contribution in [2.75, 3.05) is 24.5 Å². The van der Waals surface area contributed by atoms with Crippen LogP contribution in [0.15, 0.2) is 21.7 Å². The number of unbranched alkanes of at least 4 members (excludes halogenated alkanes) is 3. The predicted molar refractivity (Wildman–Crippen MR) is 100.0 cm³/mol. The summed E-state index contributed by atoms with van der Waals surface area (Å²) >= 11 is 0. The molecule has 1 aromatic carbocycles. The van der Waals surface area contributed by atoms with E-state index in [-0.39, 0.29) is 11.1 Å². The topological polar surface area (TPSA) is 95.0 Å². The van der Waals surface area contributed by atoms with Crippen molar-refractivity contribution >= 4 is 16.5 Å². The third kappa shape index (κ3) is 4.06. The first kappa shape index (κ1) is 18.3. The molecule has 0 aliphatic carbocycles. The fourth-order valence-electron chi connectivity index (χ4n) is 3.13. The lowest BCUT2D eigenvalue weighted by Gasteiger charge is -2.24. The molecule has 0 unspecified atom stereocenters. The van der Waals surface area contributed by atoms with E-state index in [9.17, 15) is 9.59 Å². The number of anilines is 1. The van der Waals surface area contributed by atoms with Gasteiger partial charge in [-0.25, -0.2) is 0 Å². The van der Waals surface area contributed by atoms with Gasteiger partial charge < -0.3 is 10.6 Å². The van der Waals surface area contributed by atoms with Crippen LogP contribution in [0, 0.1) is 0 Å². The van der Waals surface area contributed by atoms with Gasteiger partial charge in [0, 0.05) is 18.8 Å². The second-order valence-corrected chi connectivity index (χ2v) is 6.06. The van der Waals surface area contributed by atoms with Crippen molar-refractivity contribution in [1.82, 2.24) is 10.2 Å². The Balaban J connectivity index is 2.41. The van der Waals surface area contributed by atoms with Crippen LogP contribution < -0.4 is 21.8 Å². The summed E-state index contributed by atoms with van der Waals surface area (Å²) in [6, 6.07) is 3.76. The fraction of sp³-hybridized carbons (Fsp3) is 0.556. The highest BCUT2D eigenvalue weighted by molar-refractivity contribution is 5.86. The Kier molecular flexibility index (Phi) is 6.61. The van der Waals surface area contributed by atoms with E-state index in [1.165, 1.54) is 0 Å². The third-order valence-corrected chi connectivity index (χ3v) is 4.50. The van der Waals surface area contributed by atoms with E-state index in [2.05, 4.69) is 28.9 Å². The van der Waals surface area contributed by atoms with E-state index in [4.69, 9.17) is 5.73 Å². The van der Waals surface area contributed by atoms with Crippen LogP contribution in [0.2, 0.25) is 0 Å². The van der Waals surface area contributed by atoms with E-state index >= 15 is 0 Å². The molecule has 0 saturated heterocycles. The molecule has 0 bridgehead atoms. The highest BCUT2D eigenvalue weighted by atomic mass is 16.1. The molecule has 0 radical (unpaired) electrons. The SMILES string of the molecule is CCN(CC)c1cc2c(=O)[nH][nH]c(=O)c2cc1CCCCCCN. The monoisotopic (exact) mass is 332 g/mol. The van der Waals surface area contributed by atoms with E-state index < -0.39 is 0 Å². The summed E-state index contributed by atoms with van der Waals surface area (Å²) in [5.74, 6) is 0. The zero-order valence-electron chi connectivity index (χ0n) is 14.7. The van der Waals surface area contributed by atoms with Crippen molar-refractivity contribution in [3.63, 3.8) is 0 Å². The van der Waals surface area contributed by atoms with Crippen molar-refractivity contribution < 1.29 is 0 Å². The average molecular weight is 332 g/mol. The number of nitrogens with one attached hydrogen (secondary N) is 2. The molecule has 0 amide bonds. The van der Waals surface area contributed by atoms with Gasteiger partial charge in [0.05, 0.1) is 10.8 Å². The molecule has 0 fully saturated rings. The highest BCUT2D eigenvalue weighted by Gasteiger charge is 2.13. The second-order valence-electron chi connectivity index (χ2n) is 6.06. The maximum atomic E-state index is 12.1. The van der Waals surface area contributed by atoms with Gasteiger partial charge in [0.1, 0.15) is 0 Å². The van der Waals surface area contributed by atoms with Gasteiger partial charge in [-0.2, -0.15) is 0 Å². The van der Waals surface area contributed by atoms with Crippen LogP contribution >= 0.6 is 0 Å². The molecule has 1 aromatic heterocycles. The Morgan fingerprint density at radius 1 is 0.917 bits per heavy atom. The largest absolute Gasteiger partial charge is 0.372 e. The van der Waals surface area contributed by atoms with Gasteiger partial charge in [0.25, 0.3) is 11.1 Å². The summed E-state index contributed by atoms with van der Waals surface area (Å²) in [6.07, 6.45) is 5.26. The molecule has 24 heavy (non-hydrogen) atoms. The minimum absolute atomic E-state index is 0.250. The van der Waals surface area contributed by atoms with Crippen LogP contribution in [0.1, 0.15) is 45.1 Å². The summed E-state index contributed by atoms with van der Waals surface area (Å²) in [6.45, 7) is 6.66. The number of rotatable bonds is 9. The van der Waals surface area contributed by atoms with Crippen LogP contribution in [0.4, 0.5) is 5.69 Å². The van der Waals surface area contributed by atoms with Gasteiger partial charge in [0.15, 0.2) is 0 Å². The Morgan fingerprint density at radius 2 is 1.50 bits per heavy atom. The van der Waals surface area contributed by atoms with E-state index in [0.29, 0.717) is 10.8 Å². The molecule has 0 atom stereocenters. The lowest BCUT2D eigenvalue weighted by Crippen LogP contribution is -2.25. The van der Waals surface area contributed by atoms with Crippen LogP contribution in [-0.2, 0) is 6.42 Å². The number of benzene rings is 1. The molecule has 6 heteroatoms. The maximum Gasteiger partial charge on any atom is 0.270 e.